The Balaban J connectivity index is 2.98. The third-order valence-electron chi connectivity index (χ3n) is 6.15. The Kier molecular flexibility index (Phi) is 13.3. The number of hydrogen-bond acceptors (Lipinski definition) is 5. The molecule has 0 heterocycles. The van der Waals surface area contributed by atoms with E-state index in [0.717, 1.165) is 31.2 Å². The van der Waals surface area contributed by atoms with Gasteiger partial charge in [0.25, 0.3) is 0 Å². The Bertz CT molecular complexity index is 767. The van der Waals surface area contributed by atoms with Gasteiger partial charge in [-0.3, -0.25) is 14.4 Å². The average Bonchev–Trinajstić information content (AvgIpc) is 2.81. The van der Waals surface area contributed by atoms with E-state index in [4.69, 9.17) is 5.73 Å². The minimum absolute atomic E-state index is 0.0810. The molecule has 0 aliphatic heterocycles. The summed E-state index contributed by atoms with van der Waals surface area (Å²) in [6, 6.07) is 4.07. The summed E-state index contributed by atoms with van der Waals surface area (Å²) in [6.45, 7) is 10.3. The average molecular weight is 477 g/mol. The summed E-state index contributed by atoms with van der Waals surface area (Å²) < 4.78 is 0. The molecular weight excluding hydrogens is 432 g/mol. The van der Waals surface area contributed by atoms with Crippen molar-refractivity contribution in [1.82, 2.24) is 16.0 Å². The SMILES string of the molecule is CCCCCCNC(=O)[C@@H](NC(=O)[C@H](Cc1ccc(O)cc1)NC(=O)[C@@H](N)C(C)C)[C@@H](C)CC. The summed E-state index contributed by atoms with van der Waals surface area (Å²) in [5, 5.41) is 18.1. The zero-order valence-corrected chi connectivity index (χ0v) is 21.4. The number of carbonyl (C=O) groups is 3. The van der Waals surface area contributed by atoms with Gasteiger partial charge >= 0.3 is 0 Å². The molecule has 0 saturated heterocycles. The van der Waals surface area contributed by atoms with Crippen LogP contribution in [0.15, 0.2) is 24.3 Å². The molecule has 0 aliphatic rings. The second-order valence-electron chi connectivity index (χ2n) is 9.43. The molecule has 192 valence electrons. The summed E-state index contributed by atoms with van der Waals surface area (Å²) >= 11 is 0. The molecular formula is C26H44N4O4. The van der Waals surface area contributed by atoms with E-state index in [1.165, 1.54) is 12.1 Å². The number of rotatable bonds is 15. The second kappa shape index (κ2) is 15.3. The number of phenols is 1. The standard InChI is InChI=1S/C26H44N4O4/c1-6-8-9-10-15-28-26(34)23(18(5)7-2)30-24(32)21(29-25(33)22(27)17(3)4)16-19-11-13-20(31)14-12-19/h11-14,17-18,21-23,31H,6-10,15-16,27H2,1-5H3,(H,28,34)(H,29,33)(H,30,32)/t18-,21-,22-,23-/m0/s1. The molecule has 0 unspecified atom stereocenters. The van der Waals surface area contributed by atoms with Gasteiger partial charge in [0.05, 0.1) is 6.04 Å². The number of hydrogen-bond donors (Lipinski definition) is 5. The lowest BCUT2D eigenvalue weighted by atomic mass is 9.96. The number of nitrogens with one attached hydrogen (secondary N) is 3. The predicted octanol–water partition coefficient (Wildman–Crippen LogP) is 2.63. The van der Waals surface area contributed by atoms with Crippen LogP contribution in [-0.4, -0.2) is 47.5 Å². The maximum Gasteiger partial charge on any atom is 0.243 e. The zero-order chi connectivity index (χ0) is 25.7. The molecule has 3 amide bonds. The molecule has 1 aromatic carbocycles. The van der Waals surface area contributed by atoms with E-state index in [1.54, 1.807) is 12.1 Å². The number of nitrogens with two attached hydrogens (primary N) is 1. The monoisotopic (exact) mass is 476 g/mol. The fourth-order valence-corrected chi connectivity index (χ4v) is 3.48. The van der Waals surface area contributed by atoms with E-state index in [0.29, 0.717) is 13.0 Å². The highest BCUT2D eigenvalue weighted by Crippen LogP contribution is 2.13. The Morgan fingerprint density at radius 1 is 0.912 bits per heavy atom. The van der Waals surface area contributed by atoms with Crippen molar-refractivity contribution in [2.75, 3.05) is 6.54 Å². The van der Waals surface area contributed by atoms with Crippen LogP contribution in [0.4, 0.5) is 0 Å². The van der Waals surface area contributed by atoms with Crippen LogP contribution in [0.2, 0.25) is 0 Å². The molecule has 8 heteroatoms. The highest BCUT2D eigenvalue weighted by atomic mass is 16.3. The molecule has 34 heavy (non-hydrogen) atoms. The van der Waals surface area contributed by atoms with Gasteiger partial charge < -0.3 is 26.8 Å². The Labute approximate surface area is 204 Å². The number of unbranched alkanes of at least 4 members (excludes halogenated alkanes) is 3. The Morgan fingerprint density at radius 2 is 1.56 bits per heavy atom. The van der Waals surface area contributed by atoms with Crippen LogP contribution < -0.4 is 21.7 Å². The smallest absolute Gasteiger partial charge is 0.243 e. The van der Waals surface area contributed by atoms with Crippen LogP contribution in [0.25, 0.3) is 0 Å². The highest BCUT2D eigenvalue weighted by Gasteiger charge is 2.31. The Morgan fingerprint density at radius 3 is 2.12 bits per heavy atom. The molecule has 0 spiro atoms. The fraction of sp³-hybridized carbons (Fsp3) is 0.654. The van der Waals surface area contributed by atoms with E-state index in [2.05, 4.69) is 22.9 Å². The minimum atomic E-state index is -0.911. The summed E-state index contributed by atoms with van der Waals surface area (Å²) in [5.74, 6) is -1.14. The first kappa shape index (κ1) is 29.4. The van der Waals surface area contributed by atoms with Crippen molar-refractivity contribution in [3.8, 4) is 5.75 Å². The van der Waals surface area contributed by atoms with Crippen LogP contribution in [0.3, 0.4) is 0 Å². The maximum atomic E-state index is 13.3. The third kappa shape index (κ3) is 10.1. The molecule has 4 atom stereocenters. The van der Waals surface area contributed by atoms with Gasteiger partial charge in [0.2, 0.25) is 17.7 Å². The quantitative estimate of drug-likeness (QED) is 0.248. The van der Waals surface area contributed by atoms with Crippen LogP contribution in [0.5, 0.6) is 5.75 Å². The van der Waals surface area contributed by atoms with E-state index < -0.39 is 29.9 Å². The van der Waals surface area contributed by atoms with Crippen molar-refractivity contribution in [2.24, 2.45) is 17.6 Å². The highest BCUT2D eigenvalue weighted by molar-refractivity contribution is 5.93. The van der Waals surface area contributed by atoms with Gasteiger partial charge in [0.1, 0.15) is 17.8 Å². The number of phenolic OH excluding ortho intramolecular Hbond substituents is 1. The minimum Gasteiger partial charge on any atom is -0.508 e. The second-order valence-corrected chi connectivity index (χ2v) is 9.43. The first-order chi connectivity index (χ1) is 16.1. The van der Waals surface area contributed by atoms with E-state index in [-0.39, 0.29) is 29.9 Å². The molecule has 0 bridgehead atoms. The summed E-state index contributed by atoms with van der Waals surface area (Å²) in [5.41, 5.74) is 6.75. The summed E-state index contributed by atoms with van der Waals surface area (Å²) in [7, 11) is 0. The predicted molar refractivity (Wildman–Crippen MR) is 135 cm³/mol. The molecule has 0 aromatic heterocycles. The van der Waals surface area contributed by atoms with Gasteiger partial charge in [0.15, 0.2) is 0 Å². The van der Waals surface area contributed by atoms with Crippen LogP contribution in [0, 0.1) is 11.8 Å². The van der Waals surface area contributed by atoms with Gasteiger partial charge in [-0.1, -0.05) is 72.4 Å². The van der Waals surface area contributed by atoms with Crippen LogP contribution in [-0.2, 0) is 20.8 Å². The van der Waals surface area contributed by atoms with Gasteiger partial charge in [0, 0.05) is 13.0 Å². The maximum absolute atomic E-state index is 13.3. The largest absolute Gasteiger partial charge is 0.508 e. The van der Waals surface area contributed by atoms with Gasteiger partial charge in [-0.05, 0) is 36.0 Å². The van der Waals surface area contributed by atoms with Crippen molar-refractivity contribution < 1.29 is 19.5 Å². The first-order valence-corrected chi connectivity index (χ1v) is 12.5. The molecule has 6 N–H and O–H groups in total. The third-order valence-corrected chi connectivity index (χ3v) is 6.15. The summed E-state index contributed by atoms with van der Waals surface area (Å²) in [6.07, 6.45) is 5.10. The van der Waals surface area contributed by atoms with Crippen LogP contribution in [0.1, 0.15) is 72.3 Å². The van der Waals surface area contributed by atoms with Crippen molar-refractivity contribution in [1.29, 1.82) is 0 Å². The number of aromatic hydroxyl groups is 1. The van der Waals surface area contributed by atoms with E-state index >= 15 is 0 Å². The van der Waals surface area contributed by atoms with Crippen molar-refractivity contribution >= 4 is 17.7 Å². The molecule has 1 rings (SSSR count). The fourth-order valence-electron chi connectivity index (χ4n) is 3.48. The lowest BCUT2D eigenvalue weighted by Gasteiger charge is -2.27. The molecule has 1 aromatic rings. The lowest BCUT2D eigenvalue weighted by molar-refractivity contribution is -0.133. The van der Waals surface area contributed by atoms with Gasteiger partial charge in [-0.15, -0.1) is 0 Å². The molecule has 0 fully saturated rings. The summed E-state index contributed by atoms with van der Waals surface area (Å²) in [4.78, 5) is 38.8. The van der Waals surface area contributed by atoms with Crippen molar-refractivity contribution in [3.63, 3.8) is 0 Å². The number of amides is 3. The molecule has 0 saturated carbocycles. The molecule has 8 nitrogen and oxygen atoms in total. The normalized spacial score (nSPS) is 14.7. The van der Waals surface area contributed by atoms with Gasteiger partial charge in [-0.25, -0.2) is 0 Å². The topological polar surface area (TPSA) is 134 Å². The van der Waals surface area contributed by atoms with Crippen molar-refractivity contribution in [3.05, 3.63) is 29.8 Å². The van der Waals surface area contributed by atoms with Crippen LogP contribution >= 0.6 is 0 Å². The number of carbonyl (C=O) groups excluding carboxylic acids is 3. The first-order valence-electron chi connectivity index (χ1n) is 12.5. The van der Waals surface area contributed by atoms with Crippen molar-refractivity contribution in [2.45, 2.75) is 91.3 Å². The number of benzene rings is 1. The van der Waals surface area contributed by atoms with E-state index in [1.807, 2.05) is 27.7 Å². The molecule has 0 radical (unpaired) electrons. The van der Waals surface area contributed by atoms with E-state index in [9.17, 15) is 19.5 Å². The lowest BCUT2D eigenvalue weighted by Crippen LogP contribution is -2.58. The Hall–Kier alpha value is -2.61. The van der Waals surface area contributed by atoms with Gasteiger partial charge in [-0.2, -0.15) is 0 Å². The molecule has 0 aliphatic carbocycles. The zero-order valence-electron chi connectivity index (χ0n) is 21.4.